The number of carbonyl (C=O) groups excluding carboxylic acids is 2. The molecule has 1 amide bonds. The lowest BCUT2D eigenvalue weighted by molar-refractivity contribution is -0.113. The van der Waals surface area contributed by atoms with E-state index in [1.54, 1.807) is 35.0 Å². The van der Waals surface area contributed by atoms with E-state index in [-0.39, 0.29) is 17.4 Å². The average molecular weight is 453 g/mol. The van der Waals surface area contributed by atoms with Gasteiger partial charge in [0.1, 0.15) is 5.03 Å². The average Bonchev–Trinajstić information content (AvgIpc) is 3.27. The maximum atomic E-state index is 12.5. The Bertz CT molecular complexity index is 1490. The number of hydrogen-bond acceptors (Lipinski definition) is 5. The number of fused-ring (bicyclic) bond motifs is 2. The van der Waals surface area contributed by atoms with Crippen molar-refractivity contribution in [2.75, 3.05) is 11.1 Å². The van der Waals surface area contributed by atoms with Crippen molar-refractivity contribution in [1.82, 2.24) is 14.6 Å². The van der Waals surface area contributed by atoms with Crippen LogP contribution in [0.1, 0.15) is 17.3 Å². The Morgan fingerprint density at radius 2 is 1.79 bits per heavy atom. The minimum Gasteiger partial charge on any atom is -0.325 e. The summed E-state index contributed by atoms with van der Waals surface area (Å²) in [5, 5.41) is 10.6. The molecule has 5 rings (SSSR count). The molecule has 0 aliphatic carbocycles. The van der Waals surface area contributed by atoms with Gasteiger partial charge in [0.05, 0.1) is 17.0 Å². The van der Waals surface area contributed by atoms with E-state index in [0.717, 1.165) is 32.6 Å². The second-order valence-corrected chi connectivity index (χ2v) is 8.55. The number of nitrogens with one attached hydrogen (secondary N) is 1. The molecule has 162 valence electrons. The number of rotatable bonds is 6. The summed E-state index contributed by atoms with van der Waals surface area (Å²) in [6.45, 7) is 1.51. The van der Waals surface area contributed by atoms with Crippen LogP contribution in [0.5, 0.6) is 0 Å². The summed E-state index contributed by atoms with van der Waals surface area (Å²) in [6.07, 6.45) is 3.50. The van der Waals surface area contributed by atoms with Crippen molar-refractivity contribution in [3.63, 3.8) is 0 Å². The van der Waals surface area contributed by atoms with Crippen molar-refractivity contribution in [2.24, 2.45) is 0 Å². The summed E-state index contributed by atoms with van der Waals surface area (Å²) in [7, 11) is 0. The molecule has 0 saturated carbocycles. The van der Waals surface area contributed by atoms with Crippen molar-refractivity contribution in [3.05, 3.63) is 90.8 Å². The minimum absolute atomic E-state index is 0.00808. The van der Waals surface area contributed by atoms with Crippen LogP contribution in [-0.2, 0) is 4.79 Å². The number of nitrogens with zero attached hydrogens (tertiary/aromatic N) is 3. The van der Waals surface area contributed by atoms with Crippen LogP contribution in [0.15, 0.2) is 90.2 Å². The molecule has 0 saturated heterocycles. The van der Waals surface area contributed by atoms with E-state index >= 15 is 0 Å². The van der Waals surface area contributed by atoms with Crippen LogP contribution in [0.3, 0.4) is 0 Å². The number of benzene rings is 3. The van der Waals surface area contributed by atoms with Crippen molar-refractivity contribution in [2.45, 2.75) is 11.9 Å². The molecule has 5 aromatic rings. The fourth-order valence-corrected chi connectivity index (χ4v) is 4.48. The standard InChI is InChI=1S/C26H20N4O2S/c1-17(31)18-9-11-20(12-10-18)28-25(32)16-33-26-24-15-23(29-30(24)14-13-27-26)22-8-4-6-19-5-2-3-7-21(19)22/h2-15H,16H2,1H3,(H,28,32). The van der Waals surface area contributed by atoms with Gasteiger partial charge in [-0.1, -0.05) is 54.2 Å². The zero-order valence-electron chi connectivity index (χ0n) is 17.9. The van der Waals surface area contributed by atoms with Crippen molar-refractivity contribution in [3.8, 4) is 11.3 Å². The van der Waals surface area contributed by atoms with Crippen LogP contribution in [0.2, 0.25) is 0 Å². The molecule has 0 fully saturated rings. The van der Waals surface area contributed by atoms with Gasteiger partial charge in [-0.2, -0.15) is 5.10 Å². The monoisotopic (exact) mass is 452 g/mol. The molecular formula is C26H20N4O2S. The van der Waals surface area contributed by atoms with Gasteiger partial charge in [0.2, 0.25) is 5.91 Å². The summed E-state index contributed by atoms with van der Waals surface area (Å²) in [5.74, 6) is 0.0510. The predicted molar refractivity (Wildman–Crippen MR) is 132 cm³/mol. The zero-order chi connectivity index (χ0) is 22.8. The van der Waals surface area contributed by atoms with E-state index in [1.165, 1.54) is 18.7 Å². The Balaban J connectivity index is 1.35. The first kappa shape index (κ1) is 20.9. The van der Waals surface area contributed by atoms with Crippen LogP contribution in [-0.4, -0.2) is 32.0 Å². The SMILES string of the molecule is CC(=O)c1ccc(NC(=O)CSc2nccn3nc(-c4cccc5ccccc45)cc23)cc1. The first-order valence-electron chi connectivity index (χ1n) is 10.4. The van der Waals surface area contributed by atoms with E-state index < -0.39 is 0 Å². The largest absolute Gasteiger partial charge is 0.325 e. The molecule has 2 heterocycles. The number of carbonyl (C=O) groups is 2. The van der Waals surface area contributed by atoms with Gasteiger partial charge >= 0.3 is 0 Å². The quantitative estimate of drug-likeness (QED) is 0.273. The van der Waals surface area contributed by atoms with E-state index in [1.807, 2.05) is 30.5 Å². The third kappa shape index (κ3) is 4.36. The molecule has 0 spiro atoms. The number of thioether (sulfide) groups is 1. The minimum atomic E-state index is -0.145. The molecule has 0 radical (unpaired) electrons. The number of anilines is 1. The van der Waals surface area contributed by atoms with E-state index in [2.05, 4.69) is 34.6 Å². The summed E-state index contributed by atoms with van der Waals surface area (Å²) in [4.78, 5) is 28.3. The zero-order valence-corrected chi connectivity index (χ0v) is 18.7. The van der Waals surface area contributed by atoms with E-state index in [0.29, 0.717) is 11.3 Å². The predicted octanol–water partition coefficient (Wildman–Crippen LogP) is 5.48. The number of hydrogen-bond donors (Lipinski definition) is 1. The molecule has 3 aromatic carbocycles. The Morgan fingerprint density at radius 3 is 2.61 bits per heavy atom. The second kappa shape index (κ2) is 8.88. The summed E-state index contributed by atoms with van der Waals surface area (Å²) in [6, 6.07) is 23.3. The van der Waals surface area contributed by atoms with Crippen LogP contribution in [0, 0.1) is 0 Å². The van der Waals surface area contributed by atoms with Crippen LogP contribution in [0.4, 0.5) is 5.69 Å². The Hall–Kier alpha value is -3.97. The third-order valence-electron chi connectivity index (χ3n) is 5.34. The van der Waals surface area contributed by atoms with Gasteiger partial charge in [0.15, 0.2) is 5.78 Å². The highest BCUT2D eigenvalue weighted by Gasteiger charge is 2.13. The molecule has 0 aliphatic heterocycles. The van der Waals surface area contributed by atoms with Crippen molar-refractivity contribution < 1.29 is 9.59 Å². The van der Waals surface area contributed by atoms with E-state index in [4.69, 9.17) is 5.10 Å². The molecule has 1 N–H and O–H groups in total. The van der Waals surface area contributed by atoms with Gasteiger partial charge in [-0.05, 0) is 48.0 Å². The van der Waals surface area contributed by atoms with Crippen LogP contribution >= 0.6 is 11.8 Å². The van der Waals surface area contributed by atoms with Crippen LogP contribution < -0.4 is 5.32 Å². The Kier molecular flexibility index (Phi) is 5.62. The molecule has 0 atom stereocenters. The highest BCUT2D eigenvalue weighted by Crippen LogP contribution is 2.30. The molecule has 6 nitrogen and oxygen atoms in total. The van der Waals surface area contributed by atoms with Gasteiger partial charge < -0.3 is 5.32 Å². The molecule has 33 heavy (non-hydrogen) atoms. The third-order valence-corrected chi connectivity index (χ3v) is 6.33. The molecule has 0 unspecified atom stereocenters. The summed E-state index contributed by atoms with van der Waals surface area (Å²) in [5.41, 5.74) is 4.03. The highest BCUT2D eigenvalue weighted by atomic mass is 32.2. The lowest BCUT2D eigenvalue weighted by Gasteiger charge is -2.06. The van der Waals surface area contributed by atoms with Gasteiger partial charge in [-0.25, -0.2) is 9.50 Å². The van der Waals surface area contributed by atoms with Crippen LogP contribution in [0.25, 0.3) is 27.5 Å². The Morgan fingerprint density at radius 1 is 1.00 bits per heavy atom. The molecular weight excluding hydrogens is 432 g/mol. The fraction of sp³-hybridized carbons (Fsp3) is 0.0769. The van der Waals surface area contributed by atoms with Gasteiger partial charge in [0.25, 0.3) is 0 Å². The number of Topliss-reactive ketones (excluding diaryl/α,β-unsaturated/α-hetero) is 1. The Labute approximate surface area is 194 Å². The van der Waals surface area contributed by atoms with Gasteiger partial charge in [-0.3, -0.25) is 9.59 Å². The van der Waals surface area contributed by atoms with Crippen molar-refractivity contribution in [1.29, 1.82) is 0 Å². The smallest absolute Gasteiger partial charge is 0.234 e. The second-order valence-electron chi connectivity index (χ2n) is 7.59. The van der Waals surface area contributed by atoms with Crippen molar-refractivity contribution >= 4 is 45.4 Å². The maximum Gasteiger partial charge on any atom is 0.234 e. The first-order valence-corrected chi connectivity index (χ1v) is 11.4. The lowest BCUT2D eigenvalue weighted by atomic mass is 10.0. The normalized spacial score (nSPS) is 11.1. The molecule has 0 aliphatic rings. The van der Waals surface area contributed by atoms with Gasteiger partial charge in [-0.15, -0.1) is 0 Å². The fourth-order valence-electron chi connectivity index (χ4n) is 3.71. The topological polar surface area (TPSA) is 76.4 Å². The first-order chi connectivity index (χ1) is 16.1. The van der Waals surface area contributed by atoms with Gasteiger partial charge in [0, 0.05) is 29.2 Å². The molecule has 0 bridgehead atoms. The maximum absolute atomic E-state index is 12.5. The molecule has 7 heteroatoms. The number of amides is 1. The number of aromatic nitrogens is 3. The highest BCUT2D eigenvalue weighted by molar-refractivity contribution is 8.00. The molecule has 2 aromatic heterocycles. The van der Waals surface area contributed by atoms with E-state index in [9.17, 15) is 9.59 Å². The number of ketones is 1. The summed E-state index contributed by atoms with van der Waals surface area (Å²) >= 11 is 1.36. The summed E-state index contributed by atoms with van der Waals surface area (Å²) < 4.78 is 1.80. The lowest BCUT2D eigenvalue weighted by Crippen LogP contribution is -2.14.